The Labute approximate surface area is 121 Å². The topological polar surface area (TPSA) is 41.8 Å². The van der Waals surface area contributed by atoms with Crippen LogP contribution in [0.15, 0.2) is 53.6 Å². The van der Waals surface area contributed by atoms with Crippen molar-refractivity contribution in [3.63, 3.8) is 0 Å². The van der Waals surface area contributed by atoms with Crippen LogP contribution >= 0.6 is 11.8 Å². The zero-order chi connectivity index (χ0) is 13.9. The molecule has 3 aromatic rings. The van der Waals surface area contributed by atoms with E-state index in [1.165, 1.54) is 17.5 Å². The van der Waals surface area contributed by atoms with Gasteiger partial charge in [-0.2, -0.15) is 0 Å². The third-order valence-electron chi connectivity index (χ3n) is 3.28. The number of thioether (sulfide) groups is 1. The average Bonchev–Trinajstić information content (AvgIpc) is 2.88. The molecular weight excluding hydrogens is 271 g/mol. The molecule has 0 spiro atoms. The smallest absolute Gasteiger partial charge is 0.123 e. The molecule has 4 heteroatoms. The summed E-state index contributed by atoms with van der Waals surface area (Å²) in [5, 5.41) is 2.31. The van der Waals surface area contributed by atoms with Crippen molar-refractivity contribution in [2.24, 2.45) is 5.73 Å². The molecule has 0 amide bonds. The third-order valence-corrected chi connectivity index (χ3v) is 4.26. The summed E-state index contributed by atoms with van der Waals surface area (Å²) in [5.74, 6) is 0.546. The molecule has 102 valence electrons. The highest BCUT2D eigenvalue weighted by molar-refractivity contribution is 7.98. The Morgan fingerprint density at radius 2 is 1.90 bits per heavy atom. The second-order valence-corrected chi connectivity index (χ2v) is 5.64. The van der Waals surface area contributed by atoms with Crippen LogP contribution in [-0.2, 0) is 12.3 Å². The van der Waals surface area contributed by atoms with E-state index in [1.54, 1.807) is 11.8 Å². The normalized spacial score (nSPS) is 11.1. The minimum absolute atomic E-state index is 0.232. The van der Waals surface area contributed by atoms with E-state index in [0.717, 1.165) is 27.4 Å². The molecule has 1 aromatic heterocycles. The number of fused-ring (bicyclic) bond motifs is 1. The van der Waals surface area contributed by atoms with E-state index in [0.29, 0.717) is 6.54 Å². The molecule has 0 fully saturated rings. The molecule has 0 radical (unpaired) electrons. The molecule has 3 rings (SSSR count). The van der Waals surface area contributed by atoms with Crippen molar-refractivity contribution in [1.82, 2.24) is 4.98 Å². The predicted octanol–water partition coefficient (Wildman–Crippen LogP) is 4.06. The number of rotatable bonds is 4. The molecule has 0 aliphatic heterocycles. The molecule has 2 nitrogen and oxygen atoms in total. The van der Waals surface area contributed by atoms with Gasteiger partial charge < -0.3 is 10.7 Å². The Morgan fingerprint density at radius 3 is 2.70 bits per heavy atom. The summed E-state index contributed by atoms with van der Waals surface area (Å²) in [6, 6.07) is 15.1. The minimum atomic E-state index is -0.232. The summed E-state index contributed by atoms with van der Waals surface area (Å²) in [4.78, 5) is 3.37. The molecule has 20 heavy (non-hydrogen) atoms. The van der Waals surface area contributed by atoms with Gasteiger partial charge in [0.2, 0.25) is 0 Å². The quantitative estimate of drug-likeness (QED) is 0.710. The highest BCUT2D eigenvalue weighted by Crippen LogP contribution is 2.27. The van der Waals surface area contributed by atoms with Gasteiger partial charge in [-0.3, -0.25) is 0 Å². The van der Waals surface area contributed by atoms with Crippen molar-refractivity contribution < 1.29 is 4.39 Å². The van der Waals surface area contributed by atoms with Gasteiger partial charge in [0.1, 0.15) is 5.82 Å². The van der Waals surface area contributed by atoms with Crippen molar-refractivity contribution in [3.8, 4) is 0 Å². The van der Waals surface area contributed by atoms with Crippen LogP contribution in [0, 0.1) is 5.82 Å². The number of aromatic nitrogens is 1. The Balaban J connectivity index is 1.79. The van der Waals surface area contributed by atoms with Crippen LogP contribution in [-0.4, -0.2) is 4.98 Å². The van der Waals surface area contributed by atoms with E-state index >= 15 is 0 Å². The second kappa shape index (κ2) is 5.69. The lowest BCUT2D eigenvalue weighted by molar-refractivity contribution is 0.624. The predicted molar refractivity (Wildman–Crippen MR) is 82.2 cm³/mol. The first-order valence-corrected chi connectivity index (χ1v) is 7.43. The molecule has 3 N–H and O–H groups in total. The SMILES string of the molecule is NCc1cc(F)ccc1CSc1cc2ccccc2[nH]1. The molecule has 0 atom stereocenters. The van der Waals surface area contributed by atoms with E-state index in [-0.39, 0.29) is 5.82 Å². The molecule has 0 saturated carbocycles. The number of benzene rings is 2. The molecule has 0 aliphatic carbocycles. The van der Waals surface area contributed by atoms with E-state index in [1.807, 2.05) is 18.2 Å². The van der Waals surface area contributed by atoms with Crippen molar-refractivity contribution >= 4 is 22.7 Å². The number of nitrogens with two attached hydrogens (primary N) is 1. The van der Waals surface area contributed by atoms with E-state index < -0.39 is 0 Å². The maximum absolute atomic E-state index is 13.2. The largest absolute Gasteiger partial charge is 0.350 e. The van der Waals surface area contributed by atoms with E-state index in [2.05, 4.69) is 23.2 Å². The lowest BCUT2D eigenvalue weighted by Gasteiger charge is -2.06. The van der Waals surface area contributed by atoms with Crippen molar-refractivity contribution in [3.05, 3.63) is 65.5 Å². The van der Waals surface area contributed by atoms with Gasteiger partial charge in [-0.25, -0.2) is 4.39 Å². The molecule has 0 saturated heterocycles. The number of aromatic amines is 1. The summed E-state index contributed by atoms with van der Waals surface area (Å²) < 4.78 is 13.2. The van der Waals surface area contributed by atoms with Crippen LogP contribution in [0.1, 0.15) is 11.1 Å². The van der Waals surface area contributed by atoms with Crippen LogP contribution in [0.2, 0.25) is 0 Å². The number of hydrogen-bond donors (Lipinski definition) is 2. The minimum Gasteiger partial charge on any atom is -0.350 e. The first kappa shape index (κ1) is 13.2. The maximum atomic E-state index is 13.2. The van der Waals surface area contributed by atoms with Crippen LogP contribution in [0.25, 0.3) is 10.9 Å². The van der Waals surface area contributed by atoms with Gasteiger partial charge in [0.25, 0.3) is 0 Å². The lowest BCUT2D eigenvalue weighted by Crippen LogP contribution is -2.01. The van der Waals surface area contributed by atoms with Gasteiger partial charge in [0, 0.05) is 23.2 Å². The number of H-pyrrole nitrogens is 1. The molecule has 0 bridgehead atoms. The van der Waals surface area contributed by atoms with Crippen LogP contribution in [0.5, 0.6) is 0 Å². The van der Waals surface area contributed by atoms with Crippen LogP contribution in [0.4, 0.5) is 4.39 Å². The molecule has 0 unspecified atom stereocenters. The molecular formula is C16H15FN2S. The zero-order valence-electron chi connectivity index (χ0n) is 10.9. The molecule has 0 aliphatic rings. The van der Waals surface area contributed by atoms with Gasteiger partial charge in [0.05, 0.1) is 5.03 Å². The highest BCUT2D eigenvalue weighted by Gasteiger charge is 2.05. The fourth-order valence-corrected chi connectivity index (χ4v) is 3.19. The van der Waals surface area contributed by atoms with E-state index in [9.17, 15) is 4.39 Å². The highest BCUT2D eigenvalue weighted by atomic mass is 32.2. The van der Waals surface area contributed by atoms with Crippen LogP contribution < -0.4 is 5.73 Å². The van der Waals surface area contributed by atoms with Gasteiger partial charge in [0.15, 0.2) is 0 Å². The zero-order valence-corrected chi connectivity index (χ0v) is 11.7. The number of hydrogen-bond acceptors (Lipinski definition) is 2. The van der Waals surface area contributed by atoms with Crippen molar-refractivity contribution in [1.29, 1.82) is 0 Å². The summed E-state index contributed by atoms with van der Waals surface area (Å²) in [6.07, 6.45) is 0. The van der Waals surface area contributed by atoms with Crippen molar-refractivity contribution in [2.45, 2.75) is 17.3 Å². The Morgan fingerprint density at radius 1 is 1.05 bits per heavy atom. The summed E-state index contributed by atoms with van der Waals surface area (Å²) >= 11 is 1.70. The van der Waals surface area contributed by atoms with Gasteiger partial charge >= 0.3 is 0 Å². The standard InChI is InChI=1S/C16H15FN2S/c17-14-6-5-12(13(7-14)9-18)10-20-16-8-11-3-1-2-4-15(11)19-16/h1-8,19H,9-10,18H2. The average molecular weight is 286 g/mol. The fraction of sp³-hybridized carbons (Fsp3) is 0.125. The fourth-order valence-electron chi connectivity index (χ4n) is 2.21. The molecule has 1 heterocycles. The monoisotopic (exact) mass is 286 g/mol. The second-order valence-electron chi connectivity index (χ2n) is 4.63. The van der Waals surface area contributed by atoms with E-state index in [4.69, 9.17) is 5.73 Å². The third kappa shape index (κ3) is 2.71. The summed E-state index contributed by atoms with van der Waals surface area (Å²) in [6.45, 7) is 0.361. The molecule has 2 aromatic carbocycles. The van der Waals surface area contributed by atoms with Gasteiger partial charge in [-0.1, -0.05) is 24.3 Å². The lowest BCUT2D eigenvalue weighted by atomic mass is 10.1. The summed E-state index contributed by atoms with van der Waals surface area (Å²) in [5.41, 5.74) is 8.75. The number of halogens is 1. The number of para-hydroxylation sites is 1. The Hall–Kier alpha value is -1.78. The van der Waals surface area contributed by atoms with Gasteiger partial charge in [-0.05, 0) is 35.4 Å². The van der Waals surface area contributed by atoms with Crippen LogP contribution in [0.3, 0.4) is 0 Å². The first-order chi connectivity index (χ1) is 9.76. The van der Waals surface area contributed by atoms with Gasteiger partial charge in [-0.15, -0.1) is 11.8 Å². The Kier molecular flexibility index (Phi) is 3.76. The summed E-state index contributed by atoms with van der Waals surface area (Å²) in [7, 11) is 0. The Bertz CT molecular complexity index is 703. The van der Waals surface area contributed by atoms with Crippen molar-refractivity contribution in [2.75, 3.05) is 0 Å². The number of nitrogens with one attached hydrogen (secondary N) is 1. The maximum Gasteiger partial charge on any atom is 0.123 e. The first-order valence-electron chi connectivity index (χ1n) is 6.44.